The van der Waals surface area contributed by atoms with Crippen LogP contribution in [-0.2, 0) is 25.9 Å². The van der Waals surface area contributed by atoms with Gasteiger partial charge in [0, 0.05) is 17.7 Å². The minimum absolute atomic E-state index is 0.0169. The molecule has 0 radical (unpaired) electrons. The molecule has 34 heavy (non-hydrogen) atoms. The van der Waals surface area contributed by atoms with E-state index in [4.69, 9.17) is 14.2 Å². The number of carbonyl (C=O) groups excluding carboxylic acids is 3. The number of fused-ring (bicyclic) bond motifs is 3. The number of amides is 1. The fourth-order valence-corrected chi connectivity index (χ4v) is 5.41. The minimum atomic E-state index is -3.99. The van der Waals surface area contributed by atoms with E-state index in [1.165, 1.54) is 30.3 Å². The zero-order chi connectivity index (χ0) is 23.9. The summed E-state index contributed by atoms with van der Waals surface area (Å²) < 4.78 is 41.5. The summed E-state index contributed by atoms with van der Waals surface area (Å²) in [4.78, 5) is 36.9. The standard InChI is InChI=1S/C24H17NO8S/c26-22(25-11-14-5-8-18-19(9-14)33-13-32-18)12-31-24(28)15-6-7-17-21(10-15)34(29,30)20-4-2-1-3-16(20)23(17)27/h1-10H,11-13H2,(H,25,26). The predicted octanol–water partition coefficient (Wildman–Crippen LogP) is 2.27. The quantitative estimate of drug-likeness (QED) is 0.432. The first-order chi connectivity index (χ1) is 16.3. The van der Waals surface area contributed by atoms with Crippen LogP contribution in [0, 0.1) is 0 Å². The van der Waals surface area contributed by atoms with E-state index in [0.29, 0.717) is 11.5 Å². The van der Waals surface area contributed by atoms with Crippen LogP contribution in [0.5, 0.6) is 11.5 Å². The molecule has 1 amide bonds. The summed E-state index contributed by atoms with van der Waals surface area (Å²) in [6, 6.07) is 14.8. The van der Waals surface area contributed by atoms with E-state index in [-0.39, 0.29) is 39.8 Å². The van der Waals surface area contributed by atoms with E-state index in [1.54, 1.807) is 24.3 Å². The van der Waals surface area contributed by atoms with Gasteiger partial charge in [0.1, 0.15) is 0 Å². The molecule has 0 unspecified atom stereocenters. The maximum atomic E-state index is 13.0. The summed E-state index contributed by atoms with van der Waals surface area (Å²) in [5.74, 6) is -0.658. The lowest BCUT2D eigenvalue weighted by Crippen LogP contribution is -2.28. The van der Waals surface area contributed by atoms with Crippen LogP contribution in [0.4, 0.5) is 0 Å². The van der Waals surface area contributed by atoms with Gasteiger partial charge in [-0.25, -0.2) is 13.2 Å². The molecule has 0 atom stereocenters. The largest absolute Gasteiger partial charge is 0.454 e. The van der Waals surface area contributed by atoms with Gasteiger partial charge in [0.2, 0.25) is 16.6 Å². The Morgan fingerprint density at radius 2 is 1.68 bits per heavy atom. The molecule has 0 spiro atoms. The zero-order valence-electron chi connectivity index (χ0n) is 17.6. The van der Waals surface area contributed by atoms with Crippen molar-refractivity contribution in [2.45, 2.75) is 16.3 Å². The number of esters is 1. The van der Waals surface area contributed by atoms with Gasteiger partial charge in [0.25, 0.3) is 5.91 Å². The Bertz CT molecular complexity index is 1460. The number of sulfone groups is 1. The molecule has 172 valence electrons. The number of ketones is 1. The lowest BCUT2D eigenvalue weighted by Gasteiger charge is -2.19. The molecule has 0 saturated carbocycles. The van der Waals surface area contributed by atoms with Gasteiger partial charge < -0.3 is 19.5 Å². The summed E-state index contributed by atoms with van der Waals surface area (Å²) in [6.07, 6.45) is 0. The second kappa shape index (κ2) is 8.31. The van der Waals surface area contributed by atoms with Gasteiger partial charge in [0.15, 0.2) is 23.9 Å². The van der Waals surface area contributed by atoms with Crippen LogP contribution in [0.25, 0.3) is 0 Å². The van der Waals surface area contributed by atoms with E-state index in [0.717, 1.165) is 11.6 Å². The van der Waals surface area contributed by atoms with Gasteiger partial charge in [-0.05, 0) is 48.0 Å². The molecule has 3 aromatic rings. The summed E-state index contributed by atoms with van der Waals surface area (Å²) >= 11 is 0. The fourth-order valence-electron chi connectivity index (χ4n) is 3.73. The maximum absolute atomic E-state index is 13.0. The van der Waals surface area contributed by atoms with Crippen molar-refractivity contribution in [2.75, 3.05) is 13.4 Å². The molecule has 0 bridgehead atoms. The predicted molar refractivity (Wildman–Crippen MR) is 116 cm³/mol. The number of carbonyl (C=O) groups is 3. The molecule has 2 heterocycles. The number of ether oxygens (including phenoxy) is 3. The van der Waals surface area contributed by atoms with E-state index >= 15 is 0 Å². The summed E-state index contributed by atoms with van der Waals surface area (Å²) in [6.45, 7) is -0.230. The smallest absolute Gasteiger partial charge is 0.338 e. The average Bonchev–Trinajstić information content (AvgIpc) is 3.32. The van der Waals surface area contributed by atoms with Gasteiger partial charge in [-0.3, -0.25) is 9.59 Å². The van der Waals surface area contributed by atoms with Crippen LogP contribution in [0.3, 0.4) is 0 Å². The van der Waals surface area contributed by atoms with Crippen LogP contribution in [0.1, 0.15) is 31.8 Å². The molecule has 0 aliphatic carbocycles. The van der Waals surface area contributed by atoms with Crippen molar-refractivity contribution < 1.29 is 37.0 Å². The average molecular weight is 479 g/mol. The first kappa shape index (κ1) is 21.7. The van der Waals surface area contributed by atoms with Gasteiger partial charge >= 0.3 is 5.97 Å². The molecular formula is C24H17NO8S. The minimum Gasteiger partial charge on any atom is -0.454 e. The van der Waals surface area contributed by atoms with Crippen molar-refractivity contribution in [2.24, 2.45) is 0 Å². The molecular weight excluding hydrogens is 462 g/mol. The Morgan fingerprint density at radius 3 is 2.53 bits per heavy atom. The van der Waals surface area contributed by atoms with Crippen molar-refractivity contribution >= 4 is 27.5 Å². The monoisotopic (exact) mass is 479 g/mol. The topological polar surface area (TPSA) is 125 Å². The van der Waals surface area contributed by atoms with E-state index in [1.807, 2.05) is 0 Å². The number of benzene rings is 3. The highest BCUT2D eigenvalue weighted by Crippen LogP contribution is 2.35. The van der Waals surface area contributed by atoms with Crippen LogP contribution >= 0.6 is 0 Å². The van der Waals surface area contributed by atoms with Gasteiger partial charge in [-0.15, -0.1) is 0 Å². The van der Waals surface area contributed by atoms with E-state index < -0.39 is 34.1 Å². The molecule has 2 aliphatic heterocycles. The van der Waals surface area contributed by atoms with Crippen molar-refractivity contribution in [1.82, 2.24) is 5.32 Å². The Balaban J connectivity index is 1.25. The van der Waals surface area contributed by atoms with Crippen LogP contribution < -0.4 is 14.8 Å². The second-order valence-electron chi connectivity index (χ2n) is 7.58. The molecule has 1 N–H and O–H groups in total. The highest BCUT2D eigenvalue weighted by Gasteiger charge is 2.35. The lowest BCUT2D eigenvalue weighted by molar-refractivity contribution is -0.124. The van der Waals surface area contributed by atoms with Gasteiger partial charge in [0.05, 0.1) is 15.4 Å². The van der Waals surface area contributed by atoms with Gasteiger partial charge in [-0.2, -0.15) is 0 Å². The van der Waals surface area contributed by atoms with Crippen LogP contribution in [0.15, 0.2) is 70.5 Å². The molecule has 2 aliphatic rings. The molecule has 0 saturated heterocycles. The SMILES string of the molecule is O=C(COC(=O)c1ccc2c(c1)S(=O)(=O)c1ccccc1C2=O)NCc1ccc2c(c1)OCO2. The first-order valence-corrected chi connectivity index (χ1v) is 11.7. The van der Waals surface area contributed by atoms with Crippen molar-refractivity contribution in [3.05, 3.63) is 82.9 Å². The van der Waals surface area contributed by atoms with Crippen molar-refractivity contribution in [1.29, 1.82) is 0 Å². The van der Waals surface area contributed by atoms with E-state index in [2.05, 4.69) is 5.32 Å². The summed E-state index contributed by atoms with van der Waals surface area (Å²) in [5, 5.41) is 2.62. The second-order valence-corrected chi connectivity index (χ2v) is 9.47. The number of hydrogen-bond donors (Lipinski definition) is 1. The number of hydrogen-bond acceptors (Lipinski definition) is 8. The summed E-state index contributed by atoms with van der Waals surface area (Å²) in [5.41, 5.74) is 0.757. The molecule has 3 aromatic carbocycles. The van der Waals surface area contributed by atoms with Gasteiger partial charge in [-0.1, -0.05) is 18.2 Å². The molecule has 5 rings (SSSR count). The van der Waals surface area contributed by atoms with Crippen molar-refractivity contribution in [3.8, 4) is 11.5 Å². The molecule has 10 heteroatoms. The fraction of sp³-hybridized carbons (Fsp3) is 0.125. The molecule has 0 fully saturated rings. The Morgan fingerprint density at radius 1 is 0.912 bits per heavy atom. The van der Waals surface area contributed by atoms with Crippen LogP contribution in [-0.4, -0.2) is 39.5 Å². The normalized spacial score (nSPS) is 14.6. The Hall–Kier alpha value is -4.18. The number of nitrogens with one attached hydrogen (secondary N) is 1. The van der Waals surface area contributed by atoms with E-state index in [9.17, 15) is 22.8 Å². The maximum Gasteiger partial charge on any atom is 0.338 e. The third kappa shape index (κ3) is 3.77. The first-order valence-electron chi connectivity index (χ1n) is 10.2. The Labute approximate surface area is 194 Å². The zero-order valence-corrected chi connectivity index (χ0v) is 18.4. The van der Waals surface area contributed by atoms with Crippen LogP contribution in [0.2, 0.25) is 0 Å². The van der Waals surface area contributed by atoms with Crippen molar-refractivity contribution in [3.63, 3.8) is 0 Å². The molecule has 9 nitrogen and oxygen atoms in total. The Kier molecular flexibility index (Phi) is 5.29. The lowest BCUT2D eigenvalue weighted by atomic mass is 10.0. The third-order valence-corrected chi connectivity index (χ3v) is 7.29. The number of rotatable bonds is 5. The summed E-state index contributed by atoms with van der Waals surface area (Å²) in [7, 11) is -3.99. The highest BCUT2D eigenvalue weighted by atomic mass is 32.2. The molecule has 0 aromatic heterocycles. The third-order valence-electron chi connectivity index (χ3n) is 5.43. The highest BCUT2D eigenvalue weighted by molar-refractivity contribution is 7.91.